The molecule has 16 heavy (non-hydrogen) atoms. The van der Waals surface area contributed by atoms with E-state index in [0.29, 0.717) is 6.54 Å². The second-order valence-corrected chi connectivity index (χ2v) is 3.55. The maximum atomic E-state index is 12.8. The molecular formula is C12H14FN3. The third-order valence-corrected chi connectivity index (χ3v) is 2.55. The van der Waals surface area contributed by atoms with Crippen molar-refractivity contribution in [1.82, 2.24) is 9.78 Å². The normalized spacial score (nSPS) is 10.7. The summed E-state index contributed by atoms with van der Waals surface area (Å²) in [6.45, 7) is 3.22. The highest BCUT2D eigenvalue weighted by Gasteiger charge is 2.10. The van der Waals surface area contributed by atoms with Crippen LogP contribution in [0.1, 0.15) is 12.5 Å². The molecule has 2 rings (SSSR count). The molecule has 0 amide bonds. The fourth-order valence-corrected chi connectivity index (χ4v) is 1.76. The largest absolute Gasteiger partial charge is 0.326 e. The predicted octanol–water partition coefficient (Wildman–Crippen LogP) is 2.17. The van der Waals surface area contributed by atoms with E-state index in [-0.39, 0.29) is 5.82 Å². The van der Waals surface area contributed by atoms with Crippen LogP contribution in [0.5, 0.6) is 0 Å². The molecule has 0 aliphatic heterocycles. The molecule has 0 radical (unpaired) electrons. The number of benzene rings is 1. The van der Waals surface area contributed by atoms with E-state index in [1.807, 2.05) is 11.6 Å². The standard InChI is InChI=1S/C12H14FN3/c1-2-16-12(10(7-14)8-15-16)9-3-5-11(13)6-4-9/h3-6,8H,2,7,14H2,1H3. The van der Waals surface area contributed by atoms with Crippen molar-refractivity contribution in [3.8, 4) is 11.3 Å². The summed E-state index contributed by atoms with van der Waals surface area (Å²) < 4.78 is 14.7. The molecule has 0 saturated heterocycles. The molecule has 4 heteroatoms. The maximum Gasteiger partial charge on any atom is 0.123 e. The topological polar surface area (TPSA) is 43.8 Å². The van der Waals surface area contributed by atoms with E-state index < -0.39 is 0 Å². The van der Waals surface area contributed by atoms with Gasteiger partial charge in [-0.1, -0.05) is 0 Å². The van der Waals surface area contributed by atoms with Crippen molar-refractivity contribution in [1.29, 1.82) is 0 Å². The van der Waals surface area contributed by atoms with Crippen LogP contribution < -0.4 is 5.73 Å². The van der Waals surface area contributed by atoms with Crippen molar-refractivity contribution in [3.05, 3.63) is 41.8 Å². The Morgan fingerprint density at radius 2 is 2.00 bits per heavy atom. The summed E-state index contributed by atoms with van der Waals surface area (Å²) >= 11 is 0. The van der Waals surface area contributed by atoms with Crippen LogP contribution in [0.3, 0.4) is 0 Å². The van der Waals surface area contributed by atoms with E-state index in [1.165, 1.54) is 12.1 Å². The average molecular weight is 219 g/mol. The highest BCUT2D eigenvalue weighted by Crippen LogP contribution is 2.23. The summed E-state index contributed by atoms with van der Waals surface area (Å²) in [6, 6.07) is 6.39. The van der Waals surface area contributed by atoms with Gasteiger partial charge in [-0.05, 0) is 31.2 Å². The Bertz CT molecular complexity index is 452. The first-order valence-electron chi connectivity index (χ1n) is 5.27. The lowest BCUT2D eigenvalue weighted by molar-refractivity contribution is 0.627. The van der Waals surface area contributed by atoms with Gasteiger partial charge in [0.1, 0.15) is 5.82 Å². The van der Waals surface area contributed by atoms with Gasteiger partial charge in [0.05, 0.1) is 11.9 Å². The van der Waals surface area contributed by atoms with E-state index in [4.69, 9.17) is 5.73 Å². The van der Waals surface area contributed by atoms with Crippen molar-refractivity contribution in [2.75, 3.05) is 0 Å². The Balaban J connectivity index is 2.52. The van der Waals surface area contributed by atoms with Gasteiger partial charge < -0.3 is 5.73 Å². The van der Waals surface area contributed by atoms with E-state index in [1.54, 1.807) is 18.3 Å². The van der Waals surface area contributed by atoms with Gasteiger partial charge in [-0.25, -0.2) is 4.39 Å². The Morgan fingerprint density at radius 1 is 1.31 bits per heavy atom. The van der Waals surface area contributed by atoms with Gasteiger partial charge in [0.25, 0.3) is 0 Å². The molecule has 0 spiro atoms. The smallest absolute Gasteiger partial charge is 0.123 e. The molecule has 0 aliphatic carbocycles. The maximum absolute atomic E-state index is 12.8. The number of rotatable bonds is 3. The third kappa shape index (κ3) is 1.84. The molecule has 2 aromatic rings. The van der Waals surface area contributed by atoms with Gasteiger partial charge >= 0.3 is 0 Å². The molecule has 2 N–H and O–H groups in total. The summed E-state index contributed by atoms with van der Waals surface area (Å²) in [6.07, 6.45) is 1.77. The zero-order valence-corrected chi connectivity index (χ0v) is 9.15. The summed E-state index contributed by atoms with van der Waals surface area (Å²) in [5, 5.41) is 4.25. The van der Waals surface area contributed by atoms with Gasteiger partial charge in [0, 0.05) is 24.2 Å². The Labute approximate surface area is 93.7 Å². The lowest BCUT2D eigenvalue weighted by Crippen LogP contribution is -2.02. The molecule has 1 aromatic heterocycles. The van der Waals surface area contributed by atoms with Crippen LogP contribution in [-0.4, -0.2) is 9.78 Å². The molecule has 0 bridgehead atoms. The molecule has 1 aromatic carbocycles. The first kappa shape index (κ1) is 10.8. The summed E-state index contributed by atoms with van der Waals surface area (Å²) in [5.41, 5.74) is 8.56. The number of halogens is 1. The van der Waals surface area contributed by atoms with Crippen LogP contribution in [0.2, 0.25) is 0 Å². The average Bonchev–Trinajstić information content (AvgIpc) is 2.73. The quantitative estimate of drug-likeness (QED) is 0.859. The zero-order chi connectivity index (χ0) is 11.5. The highest BCUT2D eigenvalue weighted by molar-refractivity contribution is 5.63. The predicted molar refractivity (Wildman–Crippen MR) is 61.2 cm³/mol. The number of nitrogens with two attached hydrogens (primary N) is 1. The number of hydrogen-bond acceptors (Lipinski definition) is 2. The highest BCUT2D eigenvalue weighted by atomic mass is 19.1. The SMILES string of the molecule is CCn1ncc(CN)c1-c1ccc(F)cc1. The molecular weight excluding hydrogens is 205 g/mol. The molecule has 3 nitrogen and oxygen atoms in total. The fraction of sp³-hybridized carbons (Fsp3) is 0.250. The van der Waals surface area contributed by atoms with Crippen molar-refractivity contribution < 1.29 is 4.39 Å². The Hall–Kier alpha value is -1.68. The third-order valence-electron chi connectivity index (χ3n) is 2.55. The monoisotopic (exact) mass is 219 g/mol. The van der Waals surface area contributed by atoms with Gasteiger partial charge in [-0.2, -0.15) is 5.10 Å². The van der Waals surface area contributed by atoms with Crippen LogP contribution in [0.25, 0.3) is 11.3 Å². The molecule has 0 aliphatic rings. The molecule has 0 atom stereocenters. The number of nitrogens with zero attached hydrogens (tertiary/aromatic N) is 2. The van der Waals surface area contributed by atoms with Gasteiger partial charge in [-0.15, -0.1) is 0 Å². The van der Waals surface area contributed by atoms with Crippen molar-refractivity contribution in [2.24, 2.45) is 5.73 Å². The summed E-state index contributed by atoms with van der Waals surface area (Å²) in [4.78, 5) is 0. The molecule has 1 heterocycles. The minimum absolute atomic E-state index is 0.236. The molecule has 0 unspecified atom stereocenters. The van der Waals surface area contributed by atoms with Crippen LogP contribution in [0.4, 0.5) is 4.39 Å². The van der Waals surface area contributed by atoms with Crippen LogP contribution in [-0.2, 0) is 13.1 Å². The number of hydrogen-bond donors (Lipinski definition) is 1. The van der Waals surface area contributed by atoms with E-state index in [9.17, 15) is 4.39 Å². The van der Waals surface area contributed by atoms with Crippen LogP contribution in [0, 0.1) is 5.82 Å². The van der Waals surface area contributed by atoms with Gasteiger partial charge in [0.15, 0.2) is 0 Å². The van der Waals surface area contributed by atoms with E-state index >= 15 is 0 Å². The van der Waals surface area contributed by atoms with Crippen LogP contribution >= 0.6 is 0 Å². The van der Waals surface area contributed by atoms with Crippen molar-refractivity contribution in [3.63, 3.8) is 0 Å². The van der Waals surface area contributed by atoms with Crippen molar-refractivity contribution >= 4 is 0 Å². The number of aromatic nitrogens is 2. The lowest BCUT2D eigenvalue weighted by atomic mass is 10.1. The zero-order valence-electron chi connectivity index (χ0n) is 9.15. The second kappa shape index (κ2) is 4.45. The lowest BCUT2D eigenvalue weighted by Gasteiger charge is -2.07. The summed E-state index contributed by atoms with van der Waals surface area (Å²) in [5.74, 6) is -0.236. The van der Waals surface area contributed by atoms with Gasteiger partial charge in [0.2, 0.25) is 0 Å². The molecule has 84 valence electrons. The summed E-state index contributed by atoms with van der Waals surface area (Å²) in [7, 11) is 0. The minimum Gasteiger partial charge on any atom is -0.326 e. The molecule has 0 saturated carbocycles. The van der Waals surface area contributed by atoms with E-state index in [2.05, 4.69) is 5.10 Å². The minimum atomic E-state index is -0.236. The fourth-order valence-electron chi connectivity index (χ4n) is 1.76. The number of aryl methyl sites for hydroxylation is 1. The second-order valence-electron chi connectivity index (χ2n) is 3.55. The Kier molecular flexibility index (Phi) is 3.01. The van der Waals surface area contributed by atoms with Crippen molar-refractivity contribution in [2.45, 2.75) is 20.0 Å². The first-order chi connectivity index (χ1) is 7.76. The first-order valence-corrected chi connectivity index (χ1v) is 5.27. The van der Waals surface area contributed by atoms with E-state index in [0.717, 1.165) is 23.4 Å². The van der Waals surface area contributed by atoms with Crippen LogP contribution in [0.15, 0.2) is 30.5 Å². The Morgan fingerprint density at radius 3 is 2.56 bits per heavy atom. The van der Waals surface area contributed by atoms with Gasteiger partial charge in [-0.3, -0.25) is 4.68 Å². The molecule has 0 fully saturated rings.